The third kappa shape index (κ3) is 3.42. The third-order valence-electron chi connectivity index (χ3n) is 3.88. The van der Waals surface area contributed by atoms with E-state index in [1.165, 1.54) is 12.1 Å². The lowest BCUT2D eigenvalue weighted by Gasteiger charge is -2.06. The van der Waals surface area contributed by atoms with E-state index in [9.17, 15) is 9.50 Å². The fourth-order valence-corrected chi connectivity index (χ4v) is 2.58. The van der Waals surface area contributed by atoms with E-state index < -0.39 is 0 Å². The SMILES string of the molecule is Oc1ccc(Oc2ccc(-c3ccn(-c4cccc(F)c4)n3)cc2)cc1. The molecule has 4 rings (SSSR count). The second-order valence-corrected chi connectivity index (χ2v) is 5.75. The van der Waals surface area contributed by atoms with Crippen LogP contribution in [0.5, 0.6) is 17.2 Å². The molecular formula is C21H15FN2O2. The number of aromatic nitrogens is 2. The number of halogens is 1. The molecule has 4 nitrogen and oxygen atoms in total. The summed E-state index contributed by atoms with van der Waals surface area (Å²) in [5.74, 6) is 1.23. The monoisotopic (exact) mass is 346 g/mol. The molecule has 1 N–H and O–H groups in total. The molecule has 0 saturated carbocycles. The van der Waals surface area contributed by atoms with Crippen LogP contribution in [0.15, 0.2) is 85.1 Å². The summed E-state index contributed by atoms with van der Waals surface area (Å²) in [6, 6.07) is 22.2. The Morgan fingerprint density at radius 2 is 1.54 bits per heavy atom. The molecule has 1 aromatic heterocycles. The van der Waals surface area contributed by atoms with Gasteiger partial charge < -0.3 is 9.84 Å². The topological polar surface area (TPSA) is 47.3 Å². The summed E-state index contributed by atoms with van der Waals surface area (Å²) in [7, 11) is 0. The van der Waals surface area contributed by atoms with Crippen LogP contribution < -0.4 is 4.74 Å². The molecule has 0 spiro atoms. The highest BCUT2D eigenvalue weighted by Crippen LogP contribution is 2.26. The van der Waals surface area contributed by atoms with Gasteiger partial charge in [-0.3, -0.25) is 0 Å². The Labute approximate surface area is 149 Å². The molecule has 4 aromatic rings. The lowest BCUT2D eigenvalue weighted by Crippen LogP contribution is -1.95. The Bertz CT molecular complexity index is 1020. The van der Waals surface area contributed by atoms with Gasteiger partial charge in [-0.2, -0.15) is 5.10 Å². The van der Waals surface area contributed by atoms with E-state index in [-0.39, 0.29) is 11.6 Å². The summed E-state index contributed by atoms with van der Waals surface area (Å²) in [4.78, 5) is 0. The summed E-state index contributed by atoms with van der Waals surface area (Å²) in [6.45, 7) is 0. The van der Waals surface area contributed by atoms with Gasteiger partial charge in [0.15, 0.2) is 0 Å². The highest BCUT2D eigenvalue weighted by Gasteiger charge is 2.06. The lowest BCUT2D eigenvalue weighted by molar-refractivity contribution is 0.464. The summed E-state index contributed by atoms with van der Waals surface area (Å²) >= 11 is 0. The summed E-state index contributed by atoms with van der Waals surface area (Å²) in [5, 5.41) is 13.8. The van der Waals surface area contributed by atoms with Crippen molar-refractivity contribution in [3.63, 3.8) is 0 Å². The number of nitrogens with zero attached hydrogens (tertiary/aromatic N) is 2. The molecule has 128 valence electrons. The van der Waals surface area contributed by atoms with Crippen molar-refractivity contribution in [3.05, 3.63) is 90.9 Å². The molecule has 0 saturated heterocycles. The van der Waals surface area contributed by atoms with Crippen molar-refractivity contribution >= 4 is 0 Å². The van der Waals surface area contributed by atoms with Crippen LogP contribution >= 0.6 is 0 Å². The zero-order valence-corrected chi connectivity index (χ0v) is 13.7. The van der Waals surface area contributed by atoms with Crippen LogP contribution in [0.1, 0.15) is 0 Å². The zero-order valence-electron chi connectivity index (χ0n) is 13.7. The second kappa shape index (κ2) is 6.72. The fourth-order valence-electron chi connectivity index (χ4n) is 2.58. The van der Waals surface area contributed by atoms with Crippen molar-refractivity contribution in [2.75, 3.05) is 0 Å². The van der Waals surface area contributed by atoms with Gasteiger partial charge in [0.25, 0.3) is 0 Å². The van der Waals surface area contributed by atoms with E-state index in [4.69, 9.17) is 4.74 Å². The first-order chi connectivity index (χ1) is 12.7. The number of hydrogen-bond donors (Lipinski definition) is 1. The van der Waals surface area contributed by atoms with E-state index in [0.717, 1.165) is 11.3 Å². The van der Waals surface area contributed by atoms with E-state index in [1.807, 2.05) is 30.3 Å². The number of phenolic OH excluding ortho intramolecular Hbond substituents is 1. The van der Waals surface area contributed by atoms with E-state index in [1.54, 1.807) is 47.3 Å². The molecule has 0 radical (unpaired) electrons. The van der Waals surface area contributed by atoms with Gasteiger partial charge in [0.2, 0.25) is 0 Å². The molecule has 0 aliphatic carbocycles. The molecule has 5 heteroatoms. The predicted molar refractivity (Wildman–Crippen MR) is 97.1 cm³/mol. The first-order valence-electron chi connectivity index (χ1n) is 8.06. The molecule has 0 aliphatic rings. The van der Waals surface area contributed by atoms with E-state index >= 15 is 0 Å². The highest BCUT2D eigenvalue weighted by molar-refractivity contribution is 5.60. The summed E-state index contributed by atoms with van der Waals surface area (Å²) in [6.07, 6.45) is 1.80. The zero-order chi connectivity index (χ0) is 17.9. The quantitative estimate of drug-likeness (QED) is 0.554. The van der Waals surface area contributed by atoms with Gasteiger partial charge in [0.1, 0.15) is 23.1 Å². The number of aromatic hydroxyl groups is 1. The largest absolute Gasteiger partial charge is 0.508 e. The second-order valence-electron chi connectivity index (χ2n) is 5.75. The molecule has 1 heterocycles. The number of hydrogen-bond acceptors (Lipinski definition) is 3. The molecular weight excluding hydrogens is 331 g/mol. The molecule has 0 bridgehead atoms. The molecule has 0 aliphatic heterocycles. The van der Waals surface area contributed by atoms with Crippen molar-refractivity contribution in [2.45, 2.75) is 0 Å². The van der Waals surface area contributed by atoms with Crippen molar-refractivity contribution in [3.8, 4) is 34.2 Å². The molecule has 0 amide bonds. The minimum atomic E-state index is -0.296. The van der Waals surface area contributed by atoms with Gasteiger partial charge in [0, 0.05) is 11.8 Å². The van der Waals surface area contributed by atoms with Gasteiger partial charge >= 0.3 is 0 Å². The lowest BCUT2D eigenvalue weighted by atomic mass is 10.1. The summed E-state index contributed by atoms with van der Waals surface area (Å²) < 4.78 is 20.7. The Balaban J connectivity index is 1.53. The van der Waals surface area contributed by atoms with Crippen molar-refractivity contribution in [1.29, 1.82) is 0 Å². The first kappa shape index (κ1) is 15.9. The Morgan fingerprint density at radius 3 is 2.23 bits per heavy atom. The molecule has 0 unspecified atom stereocenters. The van der Waals surface area contributed by atoms with Crippen LogP contribution in [0.25, 0.3) is 16.9 Å². The number of rotatable bonds is 4. The van der Waals surface area contributed by atoms with Crippen LogP contribution in [0, 0.1) is 5.82 Å². The predicted octanol–water partition coefficient (Wildman–Crippen LogP) is 5.18. The molecule has 3 aromatic carbocycles. The highest BCUT2D eigenvalue weighted by atomic mass is 19.1. The number of ether oxygens (including phenoxy) is 1. The minimum Gasteiger partial charge on any atom is -0.508 e. The number of benzene rings is 3. The van der Waals surface area contributed by atoms with E-state index in [0.29, 0.717) is 17.2 Å². The average Bonchev–Trinajstić information content (AvgIpc) is 3.14. The standard InChI is InChI=1S/C21H15FN2O2/c22-16-2-1-3-17(14-16)24-13-12-21(23-24)15-4-8-19(9-5-15)26-20-10-6-18(25)7-11-20/h1-14,25H. The normalized spacial score (nSPS) is 10.7. The molecule has 0 fully saturated rings. The smallest absolute Gasteiger partial charge is 0.127 e. The van der Waals surface area contributed by atoms with Gasteiger partial charge in [-0.05, 0) is 72.8 Å². The third-order valence-corrected chi connectivity index (χ3v) is 3.88. The molecule has 26 heavy (non-hydrogen) atoms. The average molecular weight is 346 g/mol. The Hall–Kier alpha value is -3.60. The van der Waals surface area contributed by atoms with Crippen LogP contribution in [-0.4, -0.2) is 14.9 Å². The van der Waals surface area contributed by atoms with Crippen LogP contribution in [0.2, 0.25) is 0 Å². The maximum atomic E-state index is 13.4. The molecule has 0 atom stereocenters. The van der Waals surface area contributed by atoms with Crippen molar-refractivity contribution in [2.24, 2.45) is 0 Å². The summed E-state index contributed by atoms with van der Waals surface area (Å²) in [5.41, 5.74) is 2.38. The minimum absolute atomic E-state index is 0.196. The van der Waals surface area contributed by atoms with Crippen molar-refractivity contribution < 1.29 is 14.2 Å². The Morgan fingerprint density at radius 1 is 0.846 bits per heavy atom. The van der Waals surface area contributed by atoms with E-state index in [2.05, 4.69) is 5.10 Å². The maximum Gasteiger partial charge on any atom is 0.127 e. The first-order valence-corrected chi connectivity index (χ1v) is 8.06. The van der Waals surface area contributed by atoms with Crippen LogP contribution in [-0.2, 0) is 0 Å². The van der Waals surface area contributed by atoms with Gasteiger partial charge in [-0.25, -0.2) is 9.07 Å². The van der Waals surface area contributed by atoms with Crippen LogP contribution in [0.4, 0.5) is 4.39 Å². The van der Waals surface area contributed by atoms with Gasteiger partial charge in [-0.1, -0.05) is 6.07 Å². The van der Waals surface area contributed by atoms with Crippen LogP contribution in [0.3, 0.4) is 0 Å². The van der Waals surface area contributed by atoms with Gasteiger partial charge in [-0.15, -0.1) is 0 Å². The maximum absolute atomic E-state index is 13.4. The fraction of sp³-hybridized carbons (Fsp3) is 0. The van der Waals surface area contributed by atoms with Gasteiger partial charge in [0.05, 0.1) is 11.4 Å². The number of phenols is 1. The Kier molecular flexibility index (Phi) is 4.11. The van der Waals surface area contributed by atoms with Crippen molar-refractivity contribution in [1.82, 2.24) is 9.78 Å².